The van der Waals surface area contributed by atoms with Crippen LogP contribution >= 0.6 is 15.9 Å². The van der Waals surface area contributed by atoms with Gasteiger partial charge in [-0.3, -0.25) is 9.97 Å². The number of hydrogen-bond acceptors (Lipinski definition) is 4. The number of aliphatic hydroxyl groups excluding tert-OH is 1. The fourth-order valence-electron chi connectivity index (χ4n) is 3.19. The van der Waals surface area contributed by atoms with Crippen molar-refractivity contribution < 1.29 is 5.11 Å². The molecule has 1 saturated heterocycles. The summed E-state index contributed by atoms with van der Waals surface area (Å²) in [5.41, 5.74) is 2.18. The summed E-state index contributed by atoms with van der Waals surface area (Å²) in [6, 6.07) is 2.07. The van der Waals surface area contributed by atoms with Gasteiger partial charge >= 0.3 is 0 Å². The Hall–Kier alpha value is -1.20. The summed E-state index contributed by atoms with van der Waals surface area (Å²) < 4.78 is 0.936. The Morgan fingerprint density at radius 2 is 2.14 bits per heavy atom. The van der Waals surface area contributed by atoms with E-state index in [4.69, 9.17) is 0 Å². The van der Waals surface area contributed by atoms with Gasteiger partial charge in [-0.15, -0.1) is 0 Å². The van der Waals surface area contributed by atoms with Crippen molar-refractivity contribution in [2.24, 2.45) is 5.92 Å². The SMILES string of the molecule is CC(O)CC1CCN(c2ccnc3c(Br)cncc23)CC1. The highest BCUT2D eigenvalue weighted by atomic mass is 79.9. The number of aliphatic hydroxyl groups is 1. The molecule has 1 atom stereocenters. The first kappa shape index (κ1) is 14.7. The molecule has 3 heterocycles. The number of fused-ring (bicyclic) bond motifs is 1. The normalized spacial score (nSPS) is 18.1. The summed E-state index contributed by atoms with van der Waals surface area (Å²) in [7, 11) is 0. The second kappa shape index (κ2) is 6.28. The molecule has 4 nitrogen and oxygen atoms in total. The average Bonchev–Trinajstić information content (AvgIpc) is 2.48. The standard InChI is InChI=1S/C16H20BrN3O/c1-11(21)8-12-3-6-20(7-4-12)15-2-5-19-16-13(15)9-18-10-14(16)17/h2,5,9-12,21H,3-4,6-8H2,1H3. The van der Waals surface area contributed by atoms with Gasteiger partial charge in [-0.1, -0.05) is 0 Å². The van der Waals surface area contributed by atoms with E-state index in [0.717, 1.165) is 47.7 Å². The first-order valence-electron chi connectivity index (χ1n) is 7.46. The summed E-state index contributed by atoms with van der Waals surface area (Å²) in [5.74, 6) is 0.638. The minimum Gasteiger partial charge on any atom is -0.393 e. The van der Waals surface area contributed by atoms with Crippen LogP contribution in [0, 0.1) is 5.92 Å². The van der Waals surface area contributed by atoms with E-state index in [1.54, 1.807) is 6.20 Å². The van der Waals surface area contributed by atoms with Crippen molar-refractivity contribution in [2.75, 3.05) is 18.0 Å². The molecule has 0 saturated carbocycles. The molecule has 112 valence electrons. The van der Waals surface area contributed by atoms with Crippen molar-refractivity contribution >= 4 is 32.5 Å². The van der Waals surface area contributed by atoms with Crippen LogP contribution in [0.3, 0.4) is 0 Å². The summed E-state index contributed by atoms with van der Waals surface area (Å²) >= 11 is 3.52. The van der Waals surface area contributed by atoms with Gasteiger partial charge in [-0.25, -0.2) is 0 Å². The van der Waals surface area contributed by atoms with E-state index < -0.39 is 0 Å². The van der Waals surface area contributed by atoms with Gasteiger partial charge in [0.05, 0.1) is 16.1 Å². The van der Waals surface area contributed by atoms with E-state index in [1.165, 1.54) is 5.69 Å². The highest BCUT2D eigenvalue weighted by Crippen LogP contribution is 2.32. The second-order valence-corrected chi connectivity index (χ2v) is 6.72. The van der Waals surface area contributed by atoms with E-state index in [1.807, 2.05) is 19.3 Å². The summed E-state index contributed by atoms with van der Waals surface area (Å²) in [6.45, 7) is 3.94. The Labute approximate surface area is 133 Å². The molecule has 2 aromatic heterocycles. The smallest absolute Gasteiger partial charge is 0.0895 e. The molecule has 5 heteroatoms. The van der Waals surface area contributed by atoms with Gasteiger partial charge in [0, 0.05) is 42.8 Å². The van der Waals surface area contributed by atoms with Crippen LogP contribution < -0.4 is 4.90 Å². The Morgan fingerprint density at radius 3 is 2.86 bits per heavy atom. The van der Waals surface area contributed by atoms with Gasteiger partial charge in [0.1, 0.15) is 0 Å². The zero-order valence-corrected chi connectivity index (χ0v) is 13.8. The third-order valence-corrected chi connectivity index (χ3v) is 4.79. The summed E-state index contributed by atoms with van der Waals surface area (Å²) in [6.07, 6.45) is 8.54. The lowest BCUT2D eigenvalue weighted by Crippen LogP contribution is -2.34. The van der Waals surface area contributed by atoms with Crippen LogP contribution in [-0.2, 0) is 0 Å². The maximum Gasteiger partial charge on any atom is 0.0895 e. The van der Waals surface area contributed by atoms with Crippen molar-refractivity contribution in [3.63, 3.8) is 0 Å². The number of aromatic nitrogens is 2. The second-order valence-electron chi connectivity index (χ2n) is 5.86. The molecule has 0 bridgehead atoms. The zero-order chi connectivity index (χ0) is 14.8. The van der Waals surface area contributed by atoms with Gasteiger partial charge in [-0.05, 0) is 54.1 Å². The molecule has 0 aliphatic carbocycles. The third kappa shape index (κ3) is 3.19. The van der Waals surface area contributed by atoms with Gasteiger partial charge in [0.2, 0.25) is 0 Å². The highest BCUT2D eigenvalue weighted by molar-refractivity contribution is 9.10. The lowest BCUT2D eigenvalue weighted by molar-refractivity contribution is 0.152. The first-order valence-corrected chi connectivity index (χ1v) is 8.25. The number of hydrogen-bond donors (Lipinski definition) is 1. The molecule has 0 spiro atoms. The predicted molar refractivity (Wildman–Crippen MR) is 88.5 cm³/mol. The minimum atomic E-state index is -0.191. The number of nitrogens with zero attached hydrogens (tertiary/aromatic N) is 3. The van der Waals surface area contributed by atoms with Crippen molar-refractivity contribution in [1.29, 1.82) is 0 Å². The third-order valence-electron chi connectivity index (χ3n) is 4.21. The monoisotopic (exact) mass is 349 g/mol. The van der Waals surface area contributed by atoms with Crippen LogP contribution in [0.4, 0.5) is 5.69 Å². The molecule has 1 aliphatic rings. The number of piperidine rings is 1. The maximum absolute atomic E-state index is 9.52. The first-order chi connectivity index (χ1) is 10.1. The van der Waals surface area contributed by atoms with Crippen LogP contribution in [-0.4, -0.2) is 34.3 Å². The molecular weight excluding hydrogens is 330 g/mol. The van der Waals surface area contributed by atoms with Gasteiger partial charge in [0.25, 0.3) is 0 Å². The number of anilines is 1. The predicted octanol–water partition coefficient (Wildman–Crippen LogP) is 3.38. The Kier molecular flexibility index (Phi) is 4.40. The molecule has 1 fully saturated rings. The number of pyridine rings is 2. The van der Waals surface area contributed by atoms with Gasteiger partial charge in [0.15, 0.2) is 0 Å². The van der Waals surface area contributed by atoms with E-state index in [9.17, 15) is 5.11 Å². The fraction of sp³-hybridized carbons (Fsp3) is 0.500. The Morgan fingerprint density at radius 1 is 1.38 bits per heavy atom. The molecule has 1 aliphatic heterocycles. The molecule has 21 heavy (non-hydrogen) atoms. The van der Waals surface area contributed by atoms with Crippen LogP contribution in [0.15, 0.2) is 29.1 Å². The number of halogens is 1. The fourth-order valence-corrected chi connectivity index (χ4v) is 3.62. The van der Waals surface area contributed by atoms with Crippen molar-refractivity contribution in [1.82, 2.24) is 9.97 Å². The van der Waals surface area contributed by atoms with Crippen LogP contribution in [0.2, 0.25) is 0 Å². The van der Waals surface area contributed by atoms with Gasteiger partial charge in [-0.2, -0.15) is 0 Å². The zero-order valence-electron chi connectivity index (χ0n) is 12.2. The quantitative estimate of drug-likeness (QED) is 0.922. The summed E-state index contributed by atoms with van der Waals surface area (Å²) in [5, 5.41) is 10.6. The summed E-state index contributed by atoms with van der Waals surface area (Å²) in [4.78, 5) is 11.1. The minimum absolute atomic E-state index is 0.191. The molecule has 1 N–H and O–H groups in total. The molecule has 0 aromatic carbocycles. The topological polar surface area (TPSA) is 49.2 Å². The van der Waals surface area contributed by atoms with Gasteiger partial charge < -0.3 is 10.0 Å². The van der Waals surface area contributed by atoms with Crippen LogP contribution in [0.5, 0.6) is 0 Å². The highest BCUT2D eigenvalue weighted by Gasteiger charge is 2.22. The van der Waals surface area contributed by atoms with E-state index >= 15 is 0 Å². The number of rotatable bonds is 3. The van der Waals surface area contributed by atoms with Crippen LogP contribution in [0.25, 0.3) is 10.9 Å². The van der Waals surface area contributed by atoms with Crippen molar-refractivity contribution in [3.05, 3.63) is 29.1 Å². The van der Waals surface area contributed by atoms with Crippen molar-refractivity contribution in [2.45, 2.75) is 32.3 Å². The average molecular weight is 350 g/mol. The maximum atomic E-state index is 9.52. The lowest BCUT2D eigenvalue weighted by Gasteiger charge is -2.34. The van der Waals surface area contributed by atoms with E-state index in [-0.39, 0.29) is 6.10 Å². The molecule has 1 unspecified atom stereocenters. The lowest BCUT2D eigenvalue weighted by atomic mass is 9.91. The van der Waals surface area contributed by atoms with Crippen LogP contribution in [0.1, 0.15) is 26.2 Å². The Balaban J connectivity index is 1.81. The molecule has 3 rings (SSSR count). The molecular formula is C16H20BrN3O. The van der Waals surface area contributed by atoms with E-state index in [2.05, 4.69) is 36.9 Å². The molecule has 0 radical (unpaired) electrons. The Bertz CT molecular complexity index is 624. The largest absolute Gasteiger partial charge is 0.393 e. The van der Waals surface area contributed by atoms with Crippen molar-refractivity contribution in [3.8, 4) is 0 Å². The molecule has 2 aromatic rings. The molecule has 0 amide bonds. The van der Waals surface area contributed by atoms with E-state index in [0.29, 0.717) is 5.92 Å².